The van der Waals surface area contributed by atoms with Gasteiger partial charge >= 0.3 is 0 Å². The van der Waals surface area contributed by atoms with Gasteiger partial charge in [0.1, 0.15) is 0 Å². The molecule has 1 aliphatic heterocycles. The highest BCUT2D eigenvalue weighted by atomic mass is 15.2. The molecule has 0 amide bonds. The quantitative estimate of drug-likeness (QED) is 0.135. The lowest BCUT2D eigenvalue weighted by atomic mass is 9.71. The van der Waals surface area contributed by atoms with Crippen molar-refractivity contribution in [3.63, 3.8) is 0 Å². The highest BCUT2D eigenvalue weighted by Gasteiger charge is 2.42. The zero-order valence-corrected chi connectivity index (χ0v) is 29.3. The van der Waals surface area contributed by atoms with Crippen LogP contribution in [0.25, 0.3) is 65.3 Å². The Balaban J connectivity index is 1.22. The highest BCUT2D eigenvalue weighted by Crippen LogP contribution is 2.54. The van der Waals surface area contributed by atoms with Gasteiger partial charge < -0.3 is 4.90 Å². The van der Waals surface area contributed by atoms with Gasteiger partial charge in [-0.2, -0.15) is 0 Å². The number of rotatable bonds is 3. The Bertz CT molecular complexity index is 2720. The molecule has 244 valence electrons. The van der Waals surface area contributed by atoms with Gasteiger partial charge in [-0.3, -0.25) is 0 Å². The largest absolute Gasteiger partial charge is 0.331 e. The Labute approximate surface area is 299 Å². The molecule has 1 unspecified atom stereocenters. The molecule has 8 aromatic rings. The fraction of sp³-hybridized carbons (Fsp3) is 0.120. The van der Waals surface area contributed by atoms with Gasteiger partial charge in [0.05, 0.1) is 5.54 Å². The summed E-state index contributed by atoms with van der Waals surface area (Å²) in [5, 5.41) is 10.3. The molecule has 0 saturated heterocycles. The number of para-hydroxylation sites is 1. The predicted octanol–water partition coefficient (Wildman–Crippen LogP) is 13.7. The van der Waals surface area contributed by atoms with Crippen molar-refractivity contribution in [3.8, 4) is 22.3 Å². The molecular weight excluding hydrogens is 615 g/mol. The molecule has 8 aromatic carbocycles. The van der Waals surface area contributed by atoms with Crippen LogP contribution in [-0.2, 0) is 5.41 Å². The maximum absolute atomic E-state index is 2.59. The molecule has 1 atom stereocenters. The number of allylic oxidation sites excluding steroid dienone is 2. The first kappa shape index (κ1) is 29.9. The molecule has 1 heteroatoms. The highest BCUT2D eigenvalue weighted by molar-refractivity contribution is 6.22. The standard InChI is InChI=1S/C50H39N/c1-49(2)43-21-11-12-22-45(43)51(50(3)29-13-4-14-30-50)46-28-26-36(32-44(46)49)48-41-19-9-7-17-39(41)47(40-18-8-10-20-42(40)48)35-25-27-38-34(31-35)24-23-33-15-5-6-16-37(33)38/h4-29,31-32H,30H2,1-3H3. The van der Waals surface area contributed by atoms with Crippen LogP contribution in [0.3, 0.4) is 0 Å². The van der Waals surface area contributed by atoms with Gasteiger partial charge in [-0.25, -0.2) is 0 Å². The number of nitrogens with zero attached hydrogens (tertiary/aromatic N) is 1. The average Bonchev–Trinajstić information content (AvgIpc) is 3.17. The lowest BCUT2D eigenvalue weighted by Gasteiger charge is -2.49. The van der Waals surface area contributed by atoms with E-state index >= 15 is 0 Å². The predicted molar refractivity (Wildman–Crippen MR) is 219 cm³/mol. The van der Waals surface area contributed by atoms with Gasteiger partial charge in [0.15, 0.2) is 0 Å². The molecule has 1 aliphatic carbocycles. The van der Waals surface area contributed by atoms with E-state index in [1.807, 2.05) is 0 Å². The average molecular weight is 654 g/mol. The molecule has 0 fully saturated rings. The fourth-order valence-electron chi connectivity index (χ4n) is 9.21. The summed E-state index contributed by atoms with van der Waals surface area (Å²) in [5.74, 6) is 0. The normalized spacial score (nSPS) is 17.7. The molecule has 10 rings (SSSR count). The summed E-state index contributed by atoms with van der Waals surface area (Å²) < 4.78 is 0. The molecule has 0 bridgehead atoms. The second-order valence-corrected chi connectivity index (χ2v) is 15.1. The van der Waals surface area contributed by atoms with E-state index in [2.05, 4.69) is 196 Å². The molecule has 2 aliphatic rings. The lowest BCUT2D eigenvalue weighted by Crippen LogP contribution is -2.46. The van der Waals surface area contributed by atoms with Crippen LogP contribution in [0.2, 0.25) is 0 Å². The van der Waals surface area contributed by atoms with Crippen LogP contribution in [-0.4, -0.2) is 5.54 Å². The van der Waals surface area contributed by atoms with Gasteiger partial charge in [0.2, 0.25) is 0 Å². The van der Waals surface area contributed by atoms with Crippen LogP contribution in [0.1, 0.15) is 38.3 Å². The van der Waals surface area contributed by atoms with Crippen molar-refractivity contribution < 1.29 is 0 Å². The van der Waals surface area contributed by atoms with Crippen LogP contribution >= 0.6 is 0 Å². The first-order valence-corrected chi connectivity index (χ1v) is 18.2. The van der Waals surface area contributed by atoms with Crippen molar-refractivity contribution in [2.24, 2.45) is 0 Å². The van der Waals surface area contributed by atoms with Crippen molar-refractivity contribution >= 4 is 54.5 Å². The minimum atomic E-state index is -0.177. The Morgan fingerprint density at radius 2 is 1.00 bits per heavy atom. The third-order valence-corrected chi connectivity index (χ3v) is 11.7. The molecule has 0 aromatic heterocycles. The third-order valence-electron chi connectivity index (χ3n) is 11.7. The van der Waals surface area contributed by atoms with Gasteiger partial charge in [-0.05, 0) is 114 Å². The lowest BCUT2D eigenvalue weighted by molar-refractivity contribution is 0.538. The molecule has 51 heavy (non-hydrogen) atoms. The topological polar surface area (TPSA) is 3.24 Å². The summed E-state index contributed by atoms with van der Waals surface area (Å²) in [4.78, 5) is 2.59. The zero-order valence-electron chi connectivity index (χ0n) is 29.3. The molecule has 1 nitrogen and oxygen atoms in total. The maximum atomic E-state index is 2.59. The first-order valence-electron chi connectivity index (χ1n) is 18.2. The van der Waals surface area contributed by atoms with Crippen LogP contribution < -0.4 is 4.90 Å². The van der Waals surface area contributed by atoms with Crippen molar-refractivity contribution in [2.45, 2.75) is 38.1 Å². The van der Waals surface area contributed by atoms with Gasteiger partial charge in [0, 0.05) is 16.8 Å². The Morgan fingerprint density at radius 3 is 1.69 bits per heavy atom. The minimum absolute atomic E-state index is 0.162. The van der Waals surface area contributed by atoms with E-state index in [0.29, 0.717) is 0 Å². The molecule has 0 radical (unpaired) electrons. The maximum Gasteiger partial charge on any atom is 0.0643 e. The van der Waals surface area contributed by atoms with Gasteiger partial charge in [0.25, 0.3) is 0 Å². The Morgan fingerprint density at radius 1 is 0.451 bits per heavy atom. The summed E-state index contributed by atoms with van der Waals surface area (Å²) in [5.41, 5.74) is 10.1. The summed E-state index contributed by atoms with van der Waals surface area (Å²) in [6.07, 6.45) is 10.0. The second kappa shape index (κ2) is 11.0. The van der Waals surface area contributed by atoms with E-state index in [4.69, 9.17) is 0 Å². The minimum Gasteiger partial charge on any atom is -0.331 e. The number of hydrogen-bond donors (Lipinski definition) is 0. The van der Waals surface area contributed by atoms with E-state index in [9.17, 15) is 0 Å². The van der Waals surface area contributed by atoms with E-state index < -0.39 is 0 Å². The zero-order chi connectivity index (χ0) is 34.3. The van der Waals surface area contributed by atoms with Gasteiger partial charge in [-0.1, -0.05) is 159 Å². The van der Waals surface area contributed by atoms with E-state index in [1.54, 1.807) is 0 Å². The molecule has 1 heterocycles. The van der Waals surface area contributed by atoms with Crippen LogP contribution in [0.15, 0.2) is 170 Å². The van der Waals surface area contributed by atoms with Crippen LogP contribution in [0.5, 0.6) is 0 Å². The second-order valence-electron chi connectivity index (χ2n) is 15.1. The van der Waals surface area contributed by atoms with Crippen molar-refractivity contribution in [1.82, 2.24) is 0 Å². The molecule has 0 spiro atoms. The first-order chi connectivity index (χ1) is 24.9. The van der Waals surface area contributed by atoms with Crippen molar-refractivity contribution in [2.75, 3.05) is 4.90 Å². The Kier molecular flexibility index (Phi) is 6.48. The van der Waals surface area contributed by atoms with Gasteiger partial charge in [-0.15, -0.1) is 0 Å². The van der Waals surface area contributed by atoms with Crippen LogP contribution in [0, 0.1) is 0 Å². The number of hydrogen-bond acceptors (Lipinski definition) is 1. The van der Waals surface area contributed by atoms with Crippen molar-refractivity contribution in [3.05, 3.63) is 181 Å². The summed E-state index contributed by atoms with van der Waals surface area (Å²) in [7, 11) is 0. The molecule has 0 N–H and O–H groups in total. The van der Waals surface area contributed by atoms with E-state index in [0.717, 1.165) is 6.42 Å². The van der Waals surface area contributed by atoms with Crippen molar-refractivity contribution in [1.29, 1.82) is 0 Å². The monoisotopic (exact) mass is 653 g/mol. The smallest absolute Gasteiger partial charge is 0.0643 e. The fourth-order valence-corrected chi connectivity index (χ4v) is 9.21. The number of anilines is 2. The summed E-state index contributed by atoms with van der Waals surface area (Å²) >= 11 is 0. The SMILES string of the molecule is CC1(C)c2ccccc2N(C2(C)C=CC=CC2)c2ccc(-c3c4ccccc4c(-c4ccc5c(ccc6ccccc65)c4)c4ccccc34)cc21. The third kappa shape index (κ3) is 4.41. The van der Waals surface area contributed by atoms with Crippen LogP contribution in [0.4, 0.5) is 11.4 Å². The molecular formula is C50H39N. The van der Waals surface area contributed by atoms with E-state index in [-0.39, 0.29) is 11.0 Å². The molecule has 0 saturated carbocycles. The van der Waals surface area contributed by atoms with E-state index in [1.165, 1.54) is 87.8 Å². The summed E-state index contributed by atoms with van der Waals surface area (Å²) in [6, 6.07) is 54.6. The summed E-state index contributed by atoms with van der Waals surface area (Å²) in [6.45, 7) is 7.16. The number of fused-ring (bicyclic) bond motifs is 7. The number of benzene rings is 8. The Hall–Kier alpha value is -5.92.